The van der Waals surface area contributed by atoms with Gasteiger partial charge in [0.05, 0.1) is 23.5 Å². The van der Waals surface area contributed by atoms with Gasteiger partial charge >= 0.3 is 0 Å². The number of piperazine rings is 1. The molecule has 3 heterocycles. The first-order valence-electron chi connectivity index (χ1n) is 9.46. The van der Waals surface area contributed by atoms with Crippen LogP contribution in [0.5, 0.6) is 0 Å². The second-order valence-corrected chi connectivity index (χ2v) is 9.36. The van der Waals surface area contributed by atoms with E-state index in [1.54, 1.807) is 22.7 Å². The minimum Gasteiger partial charge on any atom is -0.342 e. The summed E-state index contributed by atoms with van der Waals surface area (Å²) in [6.45, 7) is 8.73. The highest BCUT2D eigenvalue weighted by Crippen LogP contribution is 2.32. The predicted octanol–water partition coefficient (Wildman–Crippen LogP) is 3.19. The standard InChI is InChI=1S/C19H25BrN4O2S2/c1-3-23(4-2)18(26)11-22-5-7-24(8-6-22)17(25)10-15-13-28-19(21-15)16-9-14(20)12-27-16/h9,12-13H,3-8,10-11H2,1-2H3. The molecule has 0 saturated carbocycles. The fraction of sp³-hybridized carbons (Fsp3) is 0.526. The van der Waals surface area contributed by atoms with Crippen LogP contribution in [0.15, 0.2) is 21.3 Å². The summed E-state index contributed by atoms with van der Waals surface area (Å²) in [5.41, 5.74) is 0.827. The molecule has 152 valence electrons. The number of carbonyl (C=O) groups is 2. The lowest BCUT2D eigenvalue weighted by Crippen LogP contribution is -2.51. The molecule has 1 fully saturated rings. The number of thiazole rings is 1. The minimum atomic E-state index is 0.110. The van der Waals surface area contributed by atoms with Gasteiger partial charge in [0.1, 0.15) is 5.01 Å². The van der Waals surface area contributed by atoms with Crippen molar-refractivity contribution in [1.82, 2.24) is 19.7 Å². The molecule has 3 rings (SSSR count). The molecule has 6 nitrogen and oxygen atoms in total. The van der Waals surface area contributed by atoms with Crippen molar-refractivity contribution in [1.29, 1.82) is 0 Å². The van der Waals surface area contributed by atoms with Crippen LogP contribution in [-0.4, -0.2) is 77.3 Å². The molecular formula is C19H25BrN4O2S2. The molecule has 0 bridgehead atoms. The largest absolute Gasteiger partial charge is 0.342 e. The van der Waals surface area contributed by atoms with E-state index in [2.05, 4.69) is 25.8 Å². The first-order chi connectivity index (χ1) is 13.5. The van der Waals surface area contributed by atoms with E-state index in [0.29, 0.717) is 26.1 Å². The number of aromatic nitrogens is 1. The number of rotatable bonds is 7. The summed E-state index contributed by atoms with van der Waals surface area (Å²) < 4.78 is 1.05. The molecule has 0 aliphatic carbocycles. The number of halogens is 1. The number of likely N-dealkylation sites (N-methyl/N-ethyl adjacent to an activating group) is 1. The molecule has 2 aromatic rings. The lowest BCUT2D eigenvalue weighted by molar-refractivity contribution is -0.134. The van der Waals surface area contributed by atoms with Gasteiger partial charge in [0, 0.05) is 54.5 Å². The Morgan fingerprint density at radius 3 is 2.46 bits per heavy atom. The van der Waals surface area contributed by atoms with Crippen LogP contribution in [0.3, 0.4) is 0 Å². The van der Waals surface area contributed by atoms with Crippen LogP contribution in [0.2, 0.25) is 0 Å². The normalized spacial score (nSPS) is 15.0. The molecule has 28 heavy (non-hydrogen) atoms. The summed E-state index contributed by atoms with van der Waals surface area (Å²) in [7, 11) is 0. The monoisotopic (exact) mass is 484 g/mol. The Hall–Kier alpha value is -1.29. The number of nitrogens with zero attached hydrogens (tertiary/aromatic N) is 4. The molecule has 0 spiro atoms. The van der Waals surface area contributed by atoms with Crippen molar-refractivity contribution in [2.24, 2.45) is 0 Å². The number of thiophene rings is 1. The lowest BCUT2D eigenvalue weighted by Gasteiger charge is -2.35. The molecule has 0 aromatic carbocycles. The summed E-state index contributed by atoms with van der Waals surface area (Å²) in [5.74, 6) is 0.277. The molecule has 1 aliphatic rings. The predicted molar refractivity (Wildman–Crippen MR) is 118 cm³/mol. The van der Waals surface area contributed by atoms with E-state index in [0.717, 1.165) is 46.2 Å². The number of hydrogen-bond acceptors (Lipinski definition) is 6. The molecule has 1 saturated heterocycles. The second-order valence-electron chi connectivity index (χ2n) is 6.67. The van der Waals surface area contributed by atoms with Crippen LogP contribution in [-0.2, 0) is 16.0 Å². The third kappa shape index (κ3) is 5.40. The van der Waals surface area contributed by atoms with Gasteiger partial charge in [-0.25, -0.2) is 4.98 Å². The van der Waals surface area contributed by atoms with Crippen molar-refractivity contribution in [3.63, 3.8) is 0 Å². The number of carbonyl (C=O) groups excluding carboxylic acids is 2. The van der Waals surface area contributed by atoms with Crippen LogP contribution in [0.25, 0.3) is 9.88 Å². The topological polar surface area (TPSA) is 56.8 Å². The van der Waals surface area contributed by atoms with Gasteiger partial charge in [-0.15, -0.1) is 22.7 Å². The Labute approximate surface area is 182 Å². The van der Waals surface area contributed by atoms with E-state index in [9.17, 15) is 9.59 Å². The van der Waals surface area contributed by atoms with Gasteiger partial charge in [0.25, 0.3) is 0 Å². The van der Waals surface area contributed by atoms with Crippen LogP contribution in [0.1, 0.15) is 19.5 Å². The van der Waals surface area contributed by atoms with E-state index in [-0.39, 0.29) is 11.8 Å². The maximum absolute atomic E-state index is 12.6. The fourth-order valence-corrected chi connectivity index (χ4v) is 5.54. The molecule has 2 aromatic heterocycles. The fourth-order valence-electron chi connectivity index (χ4n) is 3.22. The molecule has 9 heteroatoms. The zero-order chi connectivity index (χ0) is 20.1. The first kappa shape index (κ1) is 21.4. The molecule has 1 aliphatic heterocycles. The van der Waals surface area contributed by atoms with Gasteiger partial charge in [-0.3, -0.25) is 14.5 Å². The van der Waals surface area contributed by atoms with E-state index in [1.165, 1.54) is 0 Å². The van der Waals surface area contributed by atoms with Gasteiger partial charge < -0.3 is 9.80 Å². The van der Waals surface area contributed by atoms with Gasteiger partial charge in [-0.05, 0) is 35.8 Å². The van der Waals surface area contributed by atoms with Crippen molar-refractivity contribution in [3.05, 3.63) is 27.0 Å². The highest BCUT2D eigenvalue weighted by molar-refractivity contribution is 9.10. The van der Waals surface area contributed by atoms with Crippen molar-refractivity contribution < 1.29 is 9.59 Å². The van der Waals surface area contributed by atoms with E-state index in [1.807, 2.05) is 40.5 Å². The quantitative estimate of drug-likeness (QED) is 0.605. The Morgan fingerprint density at radius 1 is 1.14 bits per heavy atom. The third-order valence-electron chi connectivity index (χ3n) is 4.86. The van der Waals surface area contributed by atoms with Crippen LogP contribution >= 0.6 is 38.6 Å². The summed E-state index contributed by atoms with van der Waals surface area (Å²) in [4.78, 5) is 36.5. The van der Waals surface area contributed by atoms with Gasteiger partial charge in [-0.1, -0.05) is 0 Å². The summed E-state index contributed by atoms with van der Waals surface area (Å²) in [5, 5.41) is 4.96. The van der Waals surface area contributed by atoms with Crippen molar-refractivity contribution >= 4 is 50.4 Å². The maximum Gasteiger partial charge on any atom is 0.236 e. The zero-order valence-electron chi connectivity index (χ0n) is 16.2. The van der Waals surface area contributed by atoms with Crippen molar-refractivity contribution in [3.8, 4) is 9.88 Å². The minimum absolute atomic E-state index is 0.110. The van der Waals surface area contributed by atoms with Crippen molar-refractivity contribution in [2.45, 2.75) is 20.3 Å². The van der Waals surface area contributed by atoms with E-state index in [4.69, 9.17) is 0 Å². The second kappa shape index (κ2) is 9.96. The van der Waals surface area contributed by atoms with Crippen LogP contribution < -0.4 is 0 Å². The van der Waals surface area contributed by atoms with Gasteiger partial charge in [0.2, 0.25) is 11.8 Å². The molecular weight excluding hydrogens is 460 g/mol. The molecule has 0 radical (unpaired) electrons. The van der Waals surface area contributed by atoms with Crippen LogP contribution in [0, 0.1) is 0 Å². The summed E-state index contributed by atoms with van der Waals surface area (Å²) in [6, 6.07) is 2.05. The zero-order valence-corrected chi connectivity index (χ0v) is 19.4. The van der Waals surface area contributed by atoms with Gasteiger partial charge in [0.15, 0.2) is 0 Å². The Kier molecular flexibility index (Phi) is 7.62. The smallest absolute Gasteiger partial charge is 0.236 e. The Morgan fingerprint density at radius 2 is 1.86 bits per heavy atom. The highest BCUT2D eigenvalue weighted by Gasteiger charge is 2.24. The summed E-state index contributed by atoms with van der Waals surface area (Å²) in [6.07, 6.45) is 0.335. The Balaban J connectivity index is 1.48. The number of amides is 2. The van der Waals surface area contributed by atoms with E-state index < -0.39 is 0 Å². The molecule has 0 unspecified atom stereocenters. The molecule has 0 atom stereocenters. The SMILES string of the molecule is CCN(CC)C(=O)CN1CCN(C(=O)Cc2csc(-c3cc(Br)cs3)n2)CC1. The molecule has 2 amide bonds. The summed E-state index contributed by atoms with van der Waals surface area (Å²) >= 11 is 6.68. The lowest BCUT2D eigenvalue weighted by atomic mass is 10.2. The average molecular weight is 485 g/mol. The number of hydrogen-bond donors (Lipinski definition) is 0. The van der Waals surface area contributed by atoms with Crippen LogP contribution in [0.4, 0.5) is 0 Å². The Bertz CT molecular complexity index is 810. The van der Waals surface area contributed by atoms with E-state index >= 15 is 0 Å². The van der Waals surface area contributed by atoms with Gasteiger partial charge in [-0.2, -0.15) is 0 Å². The van der Waals surface area contributed by atoms with Crippen molar-refractivity contribution in [2.75, 3.05) is 45.8 Å². The third-order valence-corrected chi connectivity index (χ3v) is 7.61. The highest BCUT2D eigenvalue weighted by atomic mass is 79.9. The first-order valence-corrected chi connectivity index (χ1v) is 12.0. The average Bonchev–Trinajstić information content (AvgIpc) is 3.32. The molecule has 0 N–H and O–H groups in total. The maximum atomic E-state index is 12.6.